The van der Waals surface area contributed by atoms with Gasteiger partial charge in [-0.3, -0.25) is 4.79 Å². The number of carbonyl (C=O) groups excluding carboxylic acids is 1. The third kappa shape index (κ3) is 6.59. The van der Waals surface area contributed by atoms with E-state index >= 15 is 0 Å². The lowest BCUT2D eigenvalue weighted by Gasteiger charge is -2.22. The van der Waals surface area contributed by atoms with Crippen molar-refractivity contribution in [3.63, 3.8) is 0 Å². The predicted octanol–water partition coefficient (Wildman–Crippen LogP) is 4.62. The average molecular weight is 483 g/mol. The first kappa shape index (κ1) is 25.3. The largest absolute Gasteiger partial charge is 0.494 e. The van der Waals surface area contributed by atoms with Gasteiger partial charge in [-0.1, -0.05) is 30.3 Å². The molecule has 0 radical (unpaired) electrons. The number of sulfonamides is 1. The molecular weight excluding hydrogens is 452 g/mol. The number of aryl methyl sites for hydroxylation is 1. The van der Waals surface area contributed by atoms with Crippen LogP contribution in [0, 0.1) is 6.92 Å². The van der Waals surface area contributed by atoms with E-state index in [-0.39, 0.29) is 18.0 Å². The van der Waals surface area contributed by atoms with Crippen LogP contribution in [0.25, 0.3) is 0 Å². The van der Waals surface area contributed by atoms with Crippen LogP contribution in [0.3, 0.4) is 0 Å². The molecule has 0 aliphatic heterocycles. The molecule has 180 valence electrons. The molecule has 0 fully saturated rings. The zero-order valence-corrected chi connectivity index (χ0v) is 20.5. The van der Waals surface area contributed by atoms with Gasteiger partial charge in [0.15, 0.2) is 0 Å². The molecule has 8 heteroatoms. The quantitative estimate of drug-likeness (QED) is 0.431. The molecule has 1 amide bonds. The summed E-state index contributed by atoms with van der Waals surface area (Å²) in [5.41, 5.74) is 2.05. The summed E-state index contributed by atoms with van der Waals surface area (Å²) in [5, 5.41) is 2.77. The van der Waals surface area contributed by atoms with Crippen LogP contribution in [-0.4, -0.2) is 38.4 Å². The normalized spacial score (nSPS) is 11.3. The molecule has 0 atom stereocenters. The maximum absolute atomic E-state index is 13.6. The number of amides is 1. The van der Waals surface area contributed by atoms with Crippen molar-refractivity contribution in [2.45, 2.75) is 32.2 Å². The fourth-order valence-corrected chi connectivity index (χ4v) is 4.89. The van der Waals surface area contributed by atoms with Crippen molar-refractivity contribution in [1.29, 1.82) is 0 Å². The van der Waals surface area contributed by atoms with Crippen LogP contribution in [0.5, 0.6) is 11.5 Å². The van der Waals surface area contributed by atoms with Gasteiger partial charge in [-0.05, 0) is 74.4 Å². The Balaban J connectivity index is 1.84. The van der Waals surface area contributed by atoms with E-state index in [2.05, 4.69) is 5.32 Å². The van der Waals surface area contributed by atoms with E-state index < -0.39 is 15.9 Å². The molecule has 7 nitrogen and oxygen atoms in total. The van der Waals surface area contributed by atoms with Crippen molar-refractivity contribution in [2.75, 3.05) is 25.1 Å². The standard InChI is InChI=1S/C26H30N2O5S/c1-4-32-23-13-11-22(12-14-23)27-26(29)19-28(18-21-9-7-6-8-10-21)34(30,31)24-15-16-25(33-5-2)20(3)17-24/h6-17H,4-5,18-19H2,1-3H3,(H,27,29). The Morgan fingerprint density at radius 2 is 1.59 bits per heavy atom. The van der Waals surface area contributed by atoms with Crippen molar-refractivity contribution in [1.82, 2.24) is 4.31 Å². The van der Waals surface area contributed by atoms with Crippen molar-refractivity contribution >= 4 is 21.6 Å². The summed E-state index contributed by atoms with van der Waals surface area (Å²) in [4.78, 5) is 12.9. The van der Waals surface area contributed by atoms with E-state index in [4.69, 9.17) is 9.47 Å². The van der Waals surface area contributed by atoms with Crippen LogP contribution >= 0.6 is 0 Å². The van der Waals surface area contributed by atoms with Crippen LogP contribution < -0.4 is 14.8 Å². The molecule has 0 saturated carbocycles. The maximum atomic E-state index is 13.6. The van der Waals surface area contributed by atoms with Gasteiger partial charge in [-0.2, -0.15) is 4.31 Å². The van der Waals surface area contributed by atoms with Crippen molar-refractivity contribution in [3.8, 4) is 11.5 Å². The monoisotopic (exact) mass is 482 g/mol. The number of hydrogen-bond donors (Lipinski definition) is 1. The Morgan fingerprint density at radius 1 is 0.912 bits per heavy atom. The van der Waals surface area contributed by atoms with Crippen LogP contribution in [0.1, 0.15) is 25.0 Å². The van der Waals surface area contributed by atoms with Crippen LogP contribution in [-0.2, 0) is 21.4 Å². The summed E-state index contributed by atoms with van der Waals surface area (Å²) in [6.45, 7) is 6.31. The van der Waals surface area contributed by atoms with Gasteiger partial charge in [-0.25, -0.2) is 8.42 Å². The summed E-state index contributed by atoms with van der Waals surface area (Å²) in [5.74, 6) is 0.885. The van der Waals surface area contributed by atoms with E-state index in [9.17, 15) is 13.2 Å². The summed E-state index contributed by atoms with van der Waals surface area (Å²) in [6, 6.07) is 20.8. The summed E-state index contributed by atoms with van der Waals surface area (Å²) >= 11 is 0. The van der Waals surface area contributed by atoms with Gasteiger partial charge in [0.1, 0.15) is 11.5 Å². The first-order valence-corrected chi connectivity index (χ1v) is 12.6. The molecule has 34 heavy (non-hydrogen) atoms. The fourth-order valence-electron chi connectivity index (χ4n) is 3.42. The second kappa shape index (κ2) is 11.7. The Hall–Kier alpha value is -3.36. The van der Waals surface area contributed by atoms with Gasteiger partial charge >= 0.3 is 0 Å². The number of nitrogens with one attached hydrogen (secondary N) is 1. The minimum atomic E-state index is -3.96. The highest BCUT2D eigenvalue weighted by Gasteiger charge is 2.27. The molecule has 0 bridgehead atoms. The molecule has 0 aliphatic carbocycles. The smallest absolute Gasteiger partial charge is 0.243 e. The number of anilines is 1. The minimum absolute atomic E-state index is 0.0616. The van der Waals surface area contributed by atoms with E-state index in [1.165, 1.54) is 10.4 Å². The number of ether oxygens (including phenoxy) is 2. The van der Waals surface area contributed by atoms with Gasteiger partial charge < -0.3 is 14.8 Å². The summed E-state index contributed by atoms with van der Waals surface area (Å²) < 4.78 is 39.2. The first-order valence-electron chi connectivity index (χ1n) is 11.1. The molecule has 0 saturated heterocycles. The maximum Gasteiger partial charge on any atom is 0.243 e. The van der Waals surface area contributed by atoms with Crippen molar-refractivity contribution < 1.29 is 22.7 Å². The molecule has 0 unspecified atom stereocenters. The minimum Gasteiger partial charge on any atom is -0.494 e. The second-order valence-electron chi connectivity index (χ2n) is 7.62. The number of nitrogens with zero attached hydrogens (tertiary/aromatic N) is 1. The van der Waals surface area contributed by atoms with Crippen LogP contribution in [0.2, 0.25) is 0 Å². The third-order valence-electron chi connectivity index (χ3n) is 5.05. The highest BCUT2D eigenvalue weighted by atomic mass is 32.2. The number of benzene rings is 3. The highest BCUT2D eigenvalue weighted by Crippen LogP contribution is 2.25. The zero-order valence-electron chi connectivity index (χ0n) is 19.7. The fraction of sp³-hybridized carbons (Fsp3) is 0.269. The summed E-state index contributed by atoms with van der Waals surface area (Å²) in [7, 11) is -3.96. The van der Waals surface area contributed by atoms with Gasteiger partial charge in [0.05, 0.1) is 24.7 Å². The Bertz CT molecular complexity index is 1200. The number of carbonyl (C=O) groups is 1. The molecule has 3 aromatic carbocycles. The first-order chi connectivity index (χ1) is 16.3. The zero-order chi connectivity index (χ0) is 24.6. The van der Waals surface area contributed by atoms with E-state index in [1.54, 1.807) is 43.3 Å². The van der Waals surface area contributed by atoms with Gasteiger partial charge in [-0.15, -0.1) is 0 Å². The molecule has 3 rings (SSSR count). The van der Waals surface area contributed by atoms with E-state index in [0.717, 1.165) is 5.56 Å². The SMILES string of the molecule is CCOc1ccc(NC(=O)CN(Cc2ccccc2)S(=O)(=O)c2ccc(OCC)c(C)c2)cc1. The van der Waals surface area contributed by atoms with Crippen LogP contribution in [0.15, 0.2) is 77.7 Å². The molecule has 0 spiro atoms. The molecule has 3 aromatic rings. The Morgan fingerprint density at radius 3 is 2.21 bits per heavy atom. The third-order valence-corrected chi connectivity index (χ3v) is 6.84. The van der Waals surface area contributed by atoms with Gasteiger partial charge in [0.25, 0.3) is 0 Å². The molecule has 0 heterocycles. The second-order valence-corrected chi connectivity index (χ2v) is 9.56. The highest BCUT2D eigenvalue weighted by molar-refractivity contribution is 7.89. The lowest BCUT2D eigenvalue weighted by Crippen LogP contribution is -2.37. The Kier molecular flexibility index (Phi) is 8.67. The molecular formula is C26H30N2O5S. The van der Waals surface area contributed by atoms with Gasteiger partial charge in [0, 0.05) is 12.2 Å². The van der Waals surface area contributed by atoms with E-state index in [0.29, 0.717) is 36.0 Å². The number of rotatable bonds is 11. The van der Waals surface area contributed by atoms with Crippen molar-refractivity contribution in [3.05, 3.63) is 83.9 Å². The molecule has 1 N–H and O–H groups in total. The number of hydrogen-bond acceptors (Lipinski definition) is 5. The average Bonchev–Trinajstić information content (AvgIpc) is 2.82. The van der Waals surface area contributed by atoms with Crippen molar-refractivity contribution in [2.24, 2.45) is 0 Å². The molecule has 0 aliphatic rings. The van der Waals surface area contributed by atoms with Gasteiger partial charge in [0.2, 0.25) is 15.9 Å². The topological polar surface area (TPSA) is 84.9 Å². The van der Waals surface area contributed by atoms with Crippen LogP contribution in [0.4, 0.5) is 5.69 Å². The van der Waals surface area contributed by atoms with E-state index in [1.807, 2.05) is 44.2 Å². The molecule has 0 aromatic heterocycles. The Labute approximate surface area is 201 Å². The predicted molar refractivity (Wildman–Crippen MR) is 133 cm³/mol. The lowest BCUT2D eigenvalue weighted by atomic mass is 10.2. The summed E-state index contributed by atoms with van der Waals surface area (Å²) in [6.07, 6.45) is 0. The lowest BCUT2D eigenvalue weighted by molar-refractivity contribution is -0.116.